The van der Waals surface area contributed by atoms with E-state index >= 15 is 0 Å². The van der Waals surface area contributed by atoms with Crippen LogP contribution in [0.25, 0.3) is 0 Å². The zero-order valence-corrected chi connectivity index (χ0v) is 14.8. The van der Waals surface area contributed by atoms with E-state index in [-0.39, 0.29) is 11.9 Å². The van der Waals surface area contributed by atoms with Gasteiger partial charge >= 0.3 is 6.03 Å². The Morgan fingerprint density at radius 2 is 1.86 bits per heavy atom. The first-order chi connectivity index (χ1) is 10.3. The Labute approximate surface area is 139 Å². The van der Waals surface area contributed by atoms with Gasteiger partial charge in [0.15, 0.2) is 0 Å². The smallest absolute Gasteiger partial charge is 0.324 e. The van der Waals surface area contributed by atoms with Crippen LogP contribution < -0.4 is 5.32 Å². The summed E-state index contributed by atoms with van der Waals surface area (Å²) in [6, 6.07) is 7.93. The molecule has 1 fully saturated rings. The van der Waals surface area contributed by atoms with Gasteiger partial charge in [0.2, 0.25) is 0 Å². The van der Waals surface area contributed by atoms with Crippen molar-refractivity contribution in [3.05, 3.63) is 34.3 Å². The minimum absolute atomic E-state index is 0.145. The number of hydrogen-bond donors (Lipinski definition) is 1. The maximum absolute atomic E-state index is 12.1. The van der Waals surface area contributed by atoms with Gasteiger partial charge < -0.3 is 10.2 Å². The number of carbonyl (C=O) groups is 2. The number of amides is 3. The zero-order valence-electron chi connectivity index (χ0n) is 13.2. The number of halogens is 1. The van der Waals surface area contributed by atoms with Crippen LogP contribution in [0.3, 0.4) is 0 Å². The van der Waals surface area contributed by atoms with E-state index in [0.717, 1.165) is 24.0 Å². The van der Waals surface area contributed by atoms with Crippen molar-refractivity contribution < 1.29 is 9.59 Å². The van der Waals surface area contributed by atoms with E-state index in [9.17, 15) is 9.59 Å². The van der Waals surface area contributed by atoms with Crippen molar-refractivity contribution in [1.82, 2.24) is 15.1 Å². The standard InChI is InChI=1S/C16H22BrN3O2/c1-16(2)14(21)20(15(22)18-16)10-4-9-19(3)11-12-5-7-13(17)8-6-12/h5-8H,4,9-11H2,1-3H3,(H,18,22). The highest BCUT2D eigenvalue weighted by Gasteiger charge is 2.43. The largest absolute Gasteiger partial charge is 0.325 e. The van der Waals surface area contributed by atoms with E-state index in [1.807, 2.05) is 19.2 Å². The summed E-state index contributed by atoms with van der Waals surface area (Å²) >= 11 is 3.42. The molecule has 120 valence electrons. The van der Waals surface area contributed by atoms with E-state index in [0.29, 0.717) is 6.54 Å². The van der Waals surface area contributed by atoms with Crippen molar-refractivity contribution in [3.8, 4) is 0 Å². The number of imide groups is 1. The summed E-state index contributed by atoms with van der Waals surface area (Å²) in [6.45, 7) is 5.59. The molecular weight excluding hydrogens is 346 g/mol. The molecule has 0 unspecified atom stereocenters. The number of rotatable bonds is 6. The van der Waals surface area contributed by atoms with Crippen LogP contribution in [0.2, 0.25) is 0 Å². The topological polar surface area (TPSA) is 52.6 Å². The molecule has 6 heteroatoms. The monoisotopic (exact) mass is 367 g/mol. The molecule has 1 aliphatic rings. The average molecular weight is 368 g/mol. The number of carbonyl (C=O) groups excluding carboxylic acids is 2. The Bertz CT molecular complexity index is 557. The molecule has 5 nitrogen and oxygen atoms in total. The summed E-state index contributed by atoms with van der Waals surface area (Å²) in [5.74, 6) is -0.145. The molecule has 1 aromatic carbocycles. The Morgan fingerprint density at radius 3 is 2.41 bits per heavy atom. The molecule has 2 rings (SSSR count). The lowest BCUT2D eigenvalue weighted by Gasteiger charge is -2.19. The third-order valence-corrected chi connectivity index (χ3v) is 4.26. The van der Waals surface area contributed by atoms with Gasteiger partial charge in [0, 0.05) is 17.6 Å². The highest BCUT2D eigenvalue weighted by atomic mass is 79.9. The van der Waals surface area contributed by atoms with Crippen LogP contribution in [-0.4, -0.2) is 47.4 Å². The highest BCUT2D eigenvalue weighted by Crippen LogP contribution is 2.17. The lowest BCUT2D eigenvalue weighted by Crippen LogP contribution is -2.40. The molecule has 1 aromatic rings. The van der Waals surface area contributed by atoms with Gasteiger partial charge in [0.25, 0.3) is 5.91 Å². The number of benzene rings is 1. The van der Waals surface area contributed by atoms with Gasteiger partial charge in [0.05, 0.1) is 0 Å². The zero-order chi connectivity index (χ0) is 16.3. The van der Waals surface area contributed by atoms with Gasteiger partial charge in [-0.15, -0.1) is 0 Å². The third-order valence-electron chi connectivity index (χ3n) is 3.73. The fourth-order valence-corrected chi connectivity index (χ4v) is 2.76. The number of nitrogens with one attached hydrogen (secondary N) is 1. The van der Waals surface area contributed by atoms with E-state index in [2.05, 4.69) is 38.3 Å². The van der Waals surface area contributed by atoms with Crippen LogP contribution in [0.1, 0.15) is 25.8 Å². The molecule has 1 N–H and O–H groups in total. The van der Waals surface area contributed by atoms with Crippen LogP contribution >= 0.6 is 15.9 Å². The lowest BCUT2D eigenvalue weighted by atomic mass is 10.1. The third kappa shape index (κ3) is 4.08. The van der Waals surface area contributed by atoms with Gasteiger partial charge in [-0.05, 0) is 51.6 Å². The molecule has 0 spiro atoms. The van der Waals surface area contributed by atoms with Crippen molar-refractivity contribution >= 4 is 27.9 Å². The Hall–Kier alpha value is -1.40. The molecule has 0 bridgehead atoms. The fraction of sp³-hybridized carbons (Fsp3) is 0.500. The molecule has 3 amide bonds. The average Bonchev–Trinajstić information content (AvgIpc) is 2.63. The van der Waals surface area contributed by atoms with E-state index < -0.39 is 5.54 Å². The van der Waals surface area contributed by atoms with Crippen molar-refractivity contribution in [2.45, 2.75) is 32.4 Å². The number of nitrogens with zero attached hydrogens (tertiary/aromatic N) is 2. The Morgan fingerprint density at radius 1 is 1.23 bits per heavy atom. The predicted octanol–water partition coefficient (Wildman–Crippen LogP) is 2.60. The molecule has 1 aliphatic heterocycles. The normalized spacial score (nSPS) is 17.2. The van der Waals surface area contributed by atoms with Gasteiger partial charge in [-0.25, -0.2) is 4.79 Å². The Balaban J connectivity index is 1.77. The van der Waals surface area contributed by atoms with Crippen LogP contribution in [0.4, 0.5) is 4.79 Å². The van der Waals surface area contributed by atoms with Gasteiger partial charge in [-0.3, -0.25) is 9.69 Å². The van der Waals surface area contributed by atoms with E-state index in [4.69, 9.17) is 0 Å². The molecular formula is C16H22BrN3O2. The summed E-state index contributed by atoms with van der Waals surface area (Å²) in [6.07, 6.45) is 0.766. The van der Waals surface area contributed by atoms with Gasteiger partial charge in [-0.1, -0.05) is 28.1 Å². The molecule has 0 radical (unpaired) electrons. The van der Waals surface area contributed by atoms with E-state index in [1.54, 1.807) is 13.8 Å². The molecule has 1 heterocycles. The summed E-state index contributed by atoms with van der Waals surface area (Å²) < 4.78 is 1.07. The SMILES string of the molecule is CN(CCCN1C(=O)NC(C)(C)C1=O)Cc1ccc(Br)cc1. The maximum atomic E-state index is 12.1. The summed E-state index contributed by atoms with van der Waals surface area (Å²) in [5.41, 5.74) is 0.460. The summed E-state index contributed by atoms with van der Waals surface area (Å²) in [7, 11) is 2.04. The first kappa shape index (κ1) is 17.0. The molecule has 1 saturated heterocycles. The van der Waals surface area contributed by atoms with Crippen molar-refractivity contribution in [2.75, 3.05) is 20.1 Å². The van der Waals surface area contributed by atoms with Crippen LogP contribution in [-0.2, 0) is 11.3 Å². The second-order valence-corrected chi connectivity index (χ2v) is 7.15. The van der Waals surface area contributed by atoms with Gasteiger partial charge in [0.1, 0.15) is 5.54 Å². The van der Waals surface area contributed by atoms with Crippen molar-refractivity contribution in [1.29, 1.82) is 0 Å². The minimum Gasteiger partial charge on any atom is -0.324 e. The van der Waals surface area contributed by atoms with Crippen LogP contribution in [0, 0.1) is 0 Å². The molecule has 0 saturated carbocycles. The minimum atomic E-state index is -0.777. The fourth-order valence-electron chi connectivity index (χ4n) is 2.50. The lowest BCUT2D eigenvalue weighted by molar-refractivity contribution is -0.130. The molecule has 22 heavy (non-hydrogen) atoms. The molecule has 0 aromatic heterocycles. The molecule has 0 aliphatic carbocycles. The van der Waals surface area contributed by atoms with Gasteiger partial charge in [-0.2, -0.15) is 0 Å². The first-order valence-corrected chi connectivity index (χ1v) is 8.16. The second kappa shape index (κ2) is 6.79. The second-order valence-electron chi connectivity index (χ2n) is 6.23. The van der Waals surface area contributed by atoms with Crippen LogP contribution in [0.15, 0.2) is 28.7 Å². The quantitative estimate of drug-likeness (QED) is 0.786. The number of urea groups is 1. The highest BCUT2D eigenvalue weighted by molar-refractivity contribution is 9.10. The number of hydrogen-bond acceptors (Lipinski definition) is 3. The van der Waals surface area contributed by atoms with E-state index in [1.165, 1.54) is 10.5 Å². The van der Waals surface area contributed by atoms with Crippen molar-refractivity contribution in [3.63, 3.8) is 0 Å². The van der Waals surface area contributed by atoms with Crippen LogP contribution in [0.5, 0.6) is 0 Å². The predicted molar refractivity (Wildman–Crippen MR) is 89.4 cm³/mol. The summed E-state index contributed by atoms with van der Waals surface area (Å²) in [5, 5.41) is 2.70. The maximum Gasteiger partial charge on any atom is 0.325 e. The first-order valence-electron chi connectivity index (χ1n) is 7.37. The van der Waals surface area contributed by atoms with Crippen molar-refractivity contribution in [2.24, 2.45) is 0 Å². The molecule has 0 atom stereocenters. The Kier molecular flexibility index (Phi) is 5.24. The summed E-state index contributed by atoms with van der Waals surface area (Å²) in [4.78, 5) is 27.3.